The molecule has 1 aromatic rings. The van der Waals surface area contributed by atoms with Crippen molar-refractivity contribution in [1.29, 1.82) is 0 Å². The lowest BCUT2D eigenvalue weighted by molar-refractivity contribution is -0.0509. The summed E-state index contributed by atoms with van der Waals surface area (Å²) in [5.74, 6) is 0.0622. The van der Waals surface area contributed by atoms with Gasteiger partial charge in [-0.05, 0) is 18.2 Å². The highest BCUT2D eigenvalue weighted by molar-refractivity contribution is 7.91. The van der Waals surface area contributed by atoms with E-state index in [9.17, 15) is 17.2 Å². The molecular formula is C12H14ClF2NO3S. The molecule has 1 fully saturated rings. The van der Waals surface area contributed by atoms with Crippen LogP contribution in [-0.2, 0) is 16.4 Å². The fourth-order valence-corrected chi connectivity index (χ4v) is 3.20. The number of sulfone groups is 1. The lowest BCUT2D eigenvalue weighted by Gasteiger charge is -2.38. The molecule has 1 aliphatic rings. The molecule has 0 amide bonds. The van der Waals surface area contributed by atoms with Crippen molar-refractivity contribution < 1.29 is 21.9 Å². The van der Waals surface area contributed by atoms with Gasteiger partial charge in [0.05, 0.1) is 5.25 Å². The first-order valence-electron chi connectivity index (χ1n) is 5.90. The van der Waals surface area contributed by atoms with Crippen LogP contribution in [0.1, 0.15) is 5.56 Å². The molecule has 1 saturated heterocycles. The van der Waals surface area contributed by atoms with E-state index in [1.165, 1.54) is 18.4 Å². The Kier molecular flexibility index (Phi) is 4.51. The average Bonchev–Trinajstić information content (AvgIpc) is 2.24. The summed E-state index contributed by atoms with van der Waals surface area (Å²) in [6.07, 6.45) is 1.19. The lowest BCUT2D eigenvalue weighted by Crippen LogP contribution is -2.53. The van der Waals surface area contributed by atoms with Crippen molar-refractivity contribution in [3.63, 3.8) is 0 Å². The number of halogens is 3. The quantitative estimate of drug-likeness (QED) is 0.832. The number of alkyl halides is 2. The van der Waals surface area contributed by atoms with Gasteiger partial charge < -0.3 is 4.74 Å². The Labute approximate surface area is 121 Å². The van der Waals surface area contributed by atoms with Crippen LogP contribution in [0.25, 0.3) is 0 Å². The van der Waals surface area contributed by atoms with Crippen LogP contribution < -0.4 is 4.74 Å². The molecule has 1 heterocycles. The smallest absolute Gasteiger partial charge is 0.387 e. The summed E-state index contributed by atoms with van der Waals surface area (Å²) < 4.78 is 51.6. The fraction of sp³-hybridized carbons (Fsp3) is 0.500. The van der Waals surface area contributed by atoms with Gasteiger partial charge in [0, 0.05) is 36.5 Å². The second-order valence-electron chi connectivity index (χ2n) is 4.78. The van der Waals surface area contributed by atoms with Crippen molar-refractivity contribution in [3.05, 3.63) is 28.8 Å². The molecular weight excluding hydrogens is 312 g/mol. The van der Waals surface area contributed by atoms with Gasteiger partial charge in [-0.2, -0.15) is 8.78 Å². The van der Waals surface area contributed by atoms with E-state index in [0.717, 1.165) is 0 Å². The van der Waals surface area contributed by atoms with E-state index >= 15 is 0 Å². The van der Waals surface area contributed by atoms with Crippen LogP contribution in [0.5, 0.6) is 5.75 Å². The summed E-state index contributed by atoms with van der Waals surface area (Å²) in [5, 5.41) is 0.0305. The summed E-state index contributed by atoms with van der Waals surface area (Å²) in [7, 11) is -3.05. The van der Waals surface area contributed by atoms with Crippen molar-refractivity contribution in [1.82, 2.24) is 4.90 Å². The van der Waals surface area contributed by atoms with Crippen LogP contribution in [-0.4, -0.2) is 44.5 Å². The van der Waals surface area contributed by atoms with Gasteiger partial charge in [0.1, 0.15) is 5.75 Å². The zero-order valence-corrected chi connectivity index (χ0v) is 12.3. The fourth-order valence-electron chi connectivity index (χ4n) is 2.05. The molecule has 0 unspecified atom stereocenters. The number of likely N-dealkylation sites (tertiary alicyclic amines) is 1. The third kappa shape index (κ3) is 3.80. The zero-order chi connectivity index (χ0) is 14.9. The lowest BCUT2D eigenvalue weighted by atomic mass is 10.1. The number of benzene rings is 1. The van der Waals surface area contributed by atoms with E-state index in [1.54, 1.807) is 6.07 Å². The Morgan fingerprint density at radius 2 is 2.10 bits per heavy atom. The van der Waals surface area contributed by atoms with Crippen LogP contribution in [0.4, 0.5) is 8.78 Å². The maximum atomic E-state index is 12.3. The first kappa shape index (κ1) is 15.5. The van der Waals surface area contributed by atoms with Crippen LogP contribution in [0.15, 0.2) is 18.2 Å². The van der Waals surface area contributed by atoms with Crippen molar-refractivity contribution >= 4 is 21.4 Å². The first-order chi connectivity index (χ1) is 9.25. The predicted molar refractivity (Wildman–Crippen MR) is 72.0 cm³/mol. The number of rotatable bonds is 5. The summed E-state index contributed by atoms with van der Waals surface area (Å²) in [5.41, 5.74) is 0.518. The summed E-state index contributed by atoms with van der Waals surface area (Å²) >= 11 is 5.84. The van der Waals surface area contributed by atoms with E-state index < -0.39 is 16.4 Å². The molecule has 1 aromatic carbocycles. The van der Waals surface area contributed by atoms with Gasteiger partial charge in [-0.1, -0.05) is 11.6 Å². The van der Waals surface area contributed by atoms with Crippen LogP contribution in [0, 0.1) is 0 Å². The number of ether oxygens (including phenoxy) is 1. The molecule has 0 aliphatic carbocycles. The van der Waals surface area contributed by atoms with Crippen molar-refractivity contribution in [2.24, 2.45) is 0 Å². The molecule has 0 atom stereocenters. The molecule has 0 saturated carbocycles. The number of hydrogen-bond donors (Lipinski definition) is 0. The topological polar surface area (TPSA) is 46.6 Å². The molecule has 0 radical (unpaired) electrons. The van der Waals surface area contributed by atoms with Gasteiger partial charge in [0.15, 0.2) is 9.84 Å². The third-order valence-corrected chi connectivity index (χ3v) is 4.91. The van der Waals surface area contributed by atoms with Crippen molar-refractivity contribution in [3.8, 4) is 5.75 Å². The summed E-state index contributed by atoms with van der Waals surface area (Å²) in [6.45, 7) is -1.80. The zero-order valence-electron chi connectivity index (χ0n) is 10.7. The van der Waals surface area contributed by atoms with E-state index in [2.05, 4.69) is 4.74 Å². The summed E-state index contributed by atoms with van der Waals surface area (Å²) in [4.78, 5) is 1.84. The minimum atomic E-state index is -3.05. The van der Waals surface area contributed by atoms with Gasteiger partial charge in [0.25, 0.3) is 0 Å². The van der Waals surface area contributed by atoms with Gasteiger partial charge in [-0.3, -0.25) is 4.90 Å². The predicted octanol–water partition coefficient (Wildman–Crippen LogP) is 2.17. The van der Waals surface area contributed by atoms with Gasteiger partial charge in [0.2, 0.25) is 0 Å². The van der Waals surface area contributed by atoms with E-state index in [4.69, 9.17) is 11.6 Å². The van der Waals surface area contributed by atoms with Crippen LogP contribution >= 0.6 is 11.6 Å². The van der Waals surface area contributed by atoms with Gasteiger partial charge in [-0.15, -0.1) is 0 Å². The first-order valence-corrected chi connectivity index (χ1v) is 8.23. The van der Waals surface area contributed by atoms with E-state index in [0.29, 0.717) is 30.2 Å². The van der Waals surface area contributed by atoms with E-state index in [1.807, 2.05) is 4.90 Å². The molecule has 0 aromatic heterocycles. The highest BCUT2D eigenvalue weighted by Crippen LogP contribution is 2.28. The minimum absolute atomic E-state index is 0.0622. The molecule has 1 aliphatic heterocycles. The highest BCUT2D eigenvalue weighted by atomic mass is 35.5. The molecule has 20 heavy (non-hydrogen) atoms. The van der Waals surface area contributed by atoms with Gasteiger partial charge >= 0.3 is 6.61 Å². The highest BCUT2D eigenvalue weighted by Gasteiger charge is 2.34. The molecule has 0 bridgehead atoms. The van der Waals surface area contributed by atoms with Crippen molar-refractivity contribution in [2.45, 2.75) is 18.4 Å². The van der Waals surface area contributed by atoms with E-state index in [-0.39, 0.29) is 11.0 Å². The SMILES string of the molecule is CS(=O)(=O)C1CN(Cc2cc(Cl)ccc2OC(F)F)C1. The average molecular weight is 326 g/mol. The minimum Gasteiger partial charge on any atom is -0.434 e. The molecule has 2 rings (SSSR count). The second kappa shape index (κ2) is 5.83. The largest absolute Gasteiger partial charge is 0.434 e. The molecule has 112 valence electrons. The Morgan fingerprint density at radius 3 is 2.65 bits per heavy atom. The Balaban J connectivity index is 2.05. The molecule has 8 heteroatoms. The van der Waals surface area contributed by atoms with Crippen molar-refractivity contribution in [2.75, 3.05) is 19.3 Å². The second-order valence-corrected chi connectivity index (χ2v) is 7.54. The van der Waals surface area contributed by atoms with Crippen LogP contribution in [0.2, 0.25) is 5.02 Å². The maximum absolute atomic E-state index is 12.3. The normalized spacial score (nSPS) is 17.2. The monoisotopic (exact) mass is 325 g/mol. The number of hydrogen-bond acceptors (Lipinski definition) is 4. The Hall–Kier alpha value is -0.920. The Bertz CT molecular complexity index is 588. The van der Waals surface area contributed by atoms with Gasteiger partial charge in [-0.25, -0.2) is 8.42 Å². The van der Waals surface area contributed by atoms with Crippen LogP contribution in [0.3, 0.4) is 0 Å². The molecule has 0 N–H and O–H groups in total. The third-order valence-electron chi connectivity index (χ3n) is 3.16. The molecule has 0 spiro atoms. The standard InChI is InChI=1S/C12H14ClF2NO3S/c1-20(17,18)10-6-16(7-10)5-8-4-9(13)2-3-11(8)19-12(14)15/h2-4,10,12H,5-7H2,1H3. The molecule has 4 nitrogen and oxygen atoms in total. The maximum Gasteiger partial charge on any atom is 0.387 e. The summed E-state index contributed by atoms with van der Waals surface area (Å²) in [6, 6.07) is 4.41. The number of nitrogens with zero attached hydrogens (tertiary/aromatic N) is 1. The Morgan fingerprint density at radius 1 is 1.45 bits per heavy atom.